The van der Waals surface area contributed by atoms with Crippen LogP contribution in [0.3, 0.4) is 0 Å². The number of nitrogens with two attached hydrogens (primary N) is 2. The number of aldehydes is 1. The molecule has 0 saturated carbocycles. The number of H-pyrrole nitrogens is 1. The van der Waals surface area contributed by atoms with Crippen molar-refractivity contribution < 1.29 is 43.5 Å². The number of phenolic OH excluding ortho intramolecular Hbond substituents is 1. The van der Waals surface area contributed by atoms with Crippen LogP contribution >= 0.6 is 0 Å². The van der Waals surface area contributed by atoms with E-state index >= 15 is 0 Å². The summed E-state index contributed by atoms with van der Waals surface area (Å²) in [5.41, 5.74) is 12.6. The topological polar surface area (TPSA) is 337 Å². The Morgan fingerprint density at radius 3 is 2.09 bits per heavy atom. The number of likely N-dealkylation sites (tertiary alicyclic amines) is 1. The summed E-state index contributed by atoms with van der Waals surface area (Å²) in [4.78, 5) is 121. The molecular formula is C52H77N13O9. The third kappa shape index (κ3) is 19.2. The minimum Gasteiger partial charge on any atom is -0.508 e. The van der Waals surface area contributed by atoms with Gasteiger partial charge in [-0.15, -0.1) is 0 Å². The summed E-state index contributed by atoms with van der Waals surface area (Å²) in [6.45, 7) is 8.10. The van der Waals surface area contributed by atoms with E-state index in [-0.39, 0.29) is 68.7 Å². The summed E-state index contributed by atoms with van der Waals surface area (Å²) in [7, 11) is 1.65. The first-order valence-corrected chi connectivity index (χ1v) is 25.5. The van der Waals surface area contributed by atoms with Gasteiger partial charge in [0, 0.05) is 57.2 Å². The van der Waals surface area contributed by atoms with Crippen LogP contribution in [0.5, 0.6) is 5.75 Å². The molecule has 8 atom stereocenters. The Morgan fingerprint density at radius 2 is 1.47 bits per heavy atom. The van der Waals surface area contributed by atoms with E-state index in [1.54, 1.807) is 26.1 Å². The number of aromatic nitrogens is 2. The highest BCUT2D eigenvalue weighted by molar-refractivity contribution is 5.97. The molecule has 0 radical (unpaired) electrons. The molecule has 1 saturated heterocycles. The third-order valence-corrected chi connectivity index (χ3v) is 13.0. The zero-order chi connectivity index (χ0) is 54.2. The monoisotopic (exact) mass is 1030 g/mol. The molecule has 22 heteroatoms. The lowest BCUT2D eigenvalue weighted by molar-refractivity contribution is -0.142. The maximum absolute atomic E-state index is 14.7. The molecule has 1 fully saturated rings. The minimum absolute atomic E-state index is 0.0312. The predicted molar refractivity (Wildman–Crippen MR) is 279 cm³/mol. The summed E-state index contributed by atoms with van der Waals surface area (Å²) in [6.07, 6.45) is 6.84. The first-order chi connectivity index (χ1) is 35.4. The Kier molecular flexibility index (Phi) is 24.5. The van der Waals surface area contributed by atoms with Crippen LogP contribution in [0.4, 0.5) is 0 Å². The van der Waals surface area contributed by atoms with E-state index in [2.05, 4.69) is 52.2 Å². The quantitative estimate of drug-likeness (QED) is 0.0180. The zero-order valence-electron chi connectivity index (χ0n) is 43.2. The van der Waals surface area contributed by atoms with Gasteiger partial charge in [-0.3, -0.25) is 38.6 Å². The molecular weight excluding hydrogens is 951 g/mol. The van der Waals surface area contributed by atoms with E-state index in [4.69, 9.17) is 11.5 Å². The molecule has 13 N–H and O–H groups in total. The minimum atomic E-state index is -1.22. The number of phenols is 1. The van der Waals surface area contributed by atoms with Crippen molar-refractivity contribution in [2.75, 3.05) is 26.7 Å². The molecule has 0 bridgehead atoms. The Labute approximate surface area is 433 Å². The molecule has 7 amide bonds. The number of nitrogens with one attached hydrogen (secondary N) is 8. The highest BCUT2D eigenvalue weighted by Gasteiger charge is 2.41. The fraction of sp³-hybridized carbons (Fsp3) is 0.538. The van der Waals surface area contributed by atoms with E-state index in [0.717, 1.165) is 5.56 Å². The number of imidazole rings is 1. The largest absolute Gasteiger partial charge is 0.508 e. The molecule has 3 aromatic rings. The zero-order valence-corrected chi connectivity index (χ0v) is 43.2. The van der Waals surface area contributed by atoms with E-state index in [1.165, 1.54) is 29.6 Å². The summed E-state index contributed by atoms with van der Waals surface area (Å²) in [5.74, 6) is -4.15. The van der Waals surface area contributed by atoms with E-state index in [9.17, 15) is 43.5 Å². The maximum Gasteiger partial charge on any atom is 0.246 e. The number of carbonyl (C=O) groups is 8. The number of guanidine groups is 1. The van der Waals surface area contributed by atoms with Gasteiger partial charge in [0.15, 0.2) is 5.96 Å². The van der Waals surface area contributed by atoms with Gasteiger partial charge in [-0.1, -0.05) is 76.6 Å². The molecule has 1 aromatic heterocycles. The normalized spacial score (nSPS) is 16.0. The summed E-state index contributed by atoms with van der Waals surface area (Å²) in [5, 5.41) is 29.9. The van der Waals surface area contributed by atoms with Crippen LogP contribution in [0, 0.1) is 11.8 Å². The molecule has 4 rings (SSSR count). The Balaban J connectivity index is 1.47. The predicted octanol–water partition coefficient (Wildman–Crippen LogP) is 0.387. The number of amides is 7. The second kappa shape index (κ2) is 30.6. The van der Waals surface area contributed by atoms with Crippen LogP contribution in [0.25, 0.3) is 0 Å². The molecule has 404 valence electrons. The number of nitrogens with zero attached hydrogens (tertiary/aromatic N) is 3. The molecule has 0 unspecified atom stereocenters. The lowest BCUT2D eigenvalue weighted by atomic mass is 9.96. The van der Waals surface area contributed by atoms with Gasteiger partial charge in [0.1, 0.15) is 42.2 Å². The van der Waals surface area contributed by atoms with Gasteiger partial charge < -0.3 is 68.5 Å². The molecule has 0 aliphatic carbocycles. The van der Waals surface area contributed by atoms with Crippen molar-refractivity contribution in [1.82, 2.24) is 52.1 Å². The van der Waals surface area contributed by atoms with Crippen molar-refractivity contribution in [3.8, 4) is 5.75 Å². The number of aliphatic imine (C=N–C) groups is 1. The second-order valence-electron chi connectivity index (χ2n) is 19.1. The fourth-order valence-electron chi connectivity index (χ4n) is 8.69. The van der Waals surface area contributed by atoms with Crippen LogP contribution in [0.2, 0.25) is 0 Å². The average molecular weight is 1030 g/mol. The molecule has 1 aliphatic rings. The fourth-order valence-corrected chi connectivity index (χ4v) is 8.69. The molecule has 74 heavy (non-hydrogen) atoms. The number of aromatic amines is 1. The molecule has 2 heterocycles. The summed E-state index contributed by atoms with van der Waals surface area (Å²) in [6, 6.07) is 8.54. The highest BCUT2D eigenvalue weighted by Crippen LogP contribution is 2.21. The van der Waals surface area contributed by atoms with Crippen LogP contribution < -0.4 is 48.7 Å². The highest BCUT2D eigenvalue weighted by atomic mass is 16.3. The Hall–Kier alpha value is -7.36. The van der Waals surface area contributed by atoms with E-state index in [1.807, 2.05) is 51.1 Å². The molecule has 1 aliphatic heterocycles. The van der Waals surface area contributed by atoms with Gasteiger partial charge in [-0.05, 0) is 80.7 Å². The van der Waals surface area contributed by atoms with Gasteiger partial charge in [0.2, 0.25) is 41.4 Å². The first-order valence-electron chi connectivity index (χ1n) is 25.5. The van der Waals surface area contributed by atoms with Gasteiger partial charge >= 0.3 is 0 Å². The first kappa shape index (κ1) is 59.2. The van der Waals surface area contributed by atoms with Crippen molar-refractivity contribution in [3.63, 3.8) is 0 Å². The van der Waals surface area contributed by atoms with Gasteiger partial charge in [-0.2, -0.15) is 0 Å². The number of hydrogen-bond donors (Lipinski definition) is 11. The van der Waals surface area contributed by atoms with Crippen molar-refractivity contribution in [2.45, 2.75) is 141 Å². The Morgan fingerprint density at radius 1 is 0.811 bits per heavy atom. The van der Waals surface area contributed by atoms with Crippen LogP contribution in [0.1, 0.15) is 95.9 Å². The van der Waals surface area contributed by atoms with Crippen molar-refractivity contribution in [2.24, 2.45) is 28.3 Å². The number of hydrogen-bond acceptors (Lipinski definition) is 12. The SMILES string of the molecule is CC[C@H](C)[C@H](NC(=O)[C@H](Cc1ccc(O)cc1)NC(=O)[C@@H](NC)C(C)C)C(=O)N[C@@H](Cc1cnc[nH]1)C(=O)N1CCC[C@H]1C(=O)N[C@@H](Cc1ccccc1)C(=O)NCCCCC(=O)N[C@H](C=O)CCCN=C(N)N. The average Bonchev–Trinajstić information content (AvgIpc) is 4.09. The number of benzene rings is 2. The Bertz CT molecular complexity index is 2310. The standard InChI is InChI=1S/C52H77N13O9/c1-6-33(4)45(64-47(70)40(27-35-19-21-38(67)22-20-35)62-49(72)44(55-5)32(2)3)50(73)63-41(28-37-29-56-31-59-37)51(74)65-25-13-17-42(65)48(71)61-39(26-34-14-8-7-9-15-34)46(69)57-23-11-10-18-43(68)60-36(30-66)16-12-24-58-52(53)54/h7-9,14-15,19-22,29-33,36,39-42,44-45,55,67H,6,10-13,16-18,23-28H2,1-5H3,(H,56,59)(H,57,69)(H,60,68)(H,61,71)(H,62,72)(H,63,73)(H,64,70)(H4,53,54,58)/t33-,36-,39-,40-,41-,42-,44-,45-/m0/s1. The summed E-state index contributed by atoms with van der Waals surface area (Å²) < 4.78 is 0. The van der Waals surface area contributed by atoms with Crippen molar-refractivity contribution >= 4 is 53.6 Å². The lowest BCUT2D eigenvalue weighted by Gasteiger charge is -2.32. The van der Waals surface area contributed by atoms with Gasteiger partial charge in [0.05, 0.1) is 18.4 Å². The molecule has 22 nitrogen and oxygen atoms in total. The number of rotatable bonds is 31. The molecule has 0 spiro atoms. The van der Waals surface area contributed by atoms with Crippen LogP contribution in [-0.2, 0) is 57.6 Å². The smallest absolute Gasteiger partial charge is 0.246 e. The number of likely N-dealkylation sites (N-methyl/N-ethyl adjacent to an activating group) is 1. The molecule has 2 aromatic carbocycles. The van der Waals surface area contributed by atoms with E-state index < -0.39 is 83.7 Å². The van der Waals surface area contributed by atoms with Crippen molar-refractivity contribution in [3.05, 3.63) is 83.9 Å². The maximum atomic E-state index is 14.7. The van der Waals surface area contributed by atoms with Crippen molar-refractivity contribution in [1.29, 1.82) is 0 Å². The van der Waals surface area contributed by atoms with E-state index in [0.29, 0.717) is 62.6 Å². The van der Waals surface area contributed by atoms with Gasteiger partial charge in [0.25, 0.3) is 0 Å². The lowest BCUT2D eigenvalue weighted by Crippen LogP contribution is -2.61. The number of aromatic hydroxyl groups is 1. The summed E-state index contributed by atoms with van der Waals surface area (Å²) >= 11 is 0. The van der Waals surface area contributed by atoms with Crippen LogP contribution in [0.15, 0.2) is 72.1 Å². The second-order valence-corrected chi connectivity index (χ2v) is 19.1. The van der Waals surface area contributed by atoms with Gasteiger partial charge in [-0.25, -0.2) is 4.98 Å². The van der Waals surface area contributed by atoms with Crippen LogP contribution in [-0.4, -0.2) is 143 Å². The number of unbranched alkanes of at least 4 members (excludes halogenated alkanes) is 1. The third-order valence-electron chi connectivity index (χ3n) is 13.0. The number of carbonyl (C=O) groups excluding carboxylic acids is 8.